The summed E-state index contributed by atoms with van der Waals surface area (Å²) in [6.45, 7) is 2.06. The van der Waals surface area contributed by atoms with Crippen molar-refractivity contribution < 1.29 is 9.53 Å². The molecule has 0 N–H and O–H groups in total. The van der Waals surface area contributed by atoms with Gasteiger partial charge in [-0.05, 0) is 19.8 Å². The second-order valence-corrected chi connectivity index (χ2v) is 2.48. The molecule has 1 heterocycles. The number of epoxide rings is 1. The number of unbranched alkanes of at least 4 members (excludes halogenated alkanes) is 1. The molecule has 0 aromatic carbocycles. The van der Waals surface area contributed by atoms with Crippen molar-refractivity contribution in [3.63, 3.8) is 0 Å². The maximum absolute atomic E-state index is 9.85. The van der Waals surface area contributed by atoms with Crippen LogP contribution < -0.4 is 0 Å². The number of ether oxygens (including phenoxy) is 1. The standard InChI is InChI=1S/C7H12O2/c1-6-7(9-6)4-2-3-5-8/h5-7H,2-4H2,1H3/t6-,7-/m0/s1. The first-order valence-corrected chi connectivity index (χ1v) is 3.43. The van der Waals surface area contributed by atoms with E-state index in [1.54, 1.807) is 0 Å². The van der Waals surface area contributed by atoms with Gasteiger partial charge in [-0.25, -0.2) is 0 Å². The van der Waals surface area contributed by atoms with E-state index < -0.39 is 0 Å². The van der Waals surface area contributed by atoms with Gasteiger partial charge in [0.1, 0.15) is 6.29 Å². The molecule has 2 heteroatoms. The van der Waals surface area contributed by atoms with E-state index in [1.807, 2.05) is 0 Å². The minimum absolute atomic E-state index is 0.455. The number of rotatable bonds is 4. The molecule has 0 bridgehead atoms. The van der Waals surface area contributed by atoms with Crippen LogP contribution in [0.3, 0.4) is 0 Å². The quantitative estimate of drug-likeness (QED) is 0.323. The Labute approximate surface area is 55.2 Å². The molecule has 9 heavy (non-hydrogen) atoms. The summed E-state index contributed by atoms with van der Waals surface area (Å²) in [5.74, 6) is 0. The molecule has 2 atom stereocenters. The lowest BCUT2D eigenvalue weighted by Gasteiger charge is -1.87. The lowest BCUT2D eigenvalue weighted by molar-refractivity contribution is -0.107. The van der Waals surface area contributed by atoms with Crippen molar-refractivity contribution in [3.8, 4) is 0 Å². The summed E-state index contributed by atoms with van der Waals surface area (Å²) in [5, 5.41) is 0. The zero-order valence-corrected chi connectivity index (χ0v) is 5.67. The third kappa shape index (κ3) is 2.14. The molecule has 0 saturated carbocycles. The van der Waals surface area contributed by atoms with Crippen LogP contribution >= 0.6 is 0 Å². The van der Waals surface area contributed by atoms with Gasteiger partial charge in [0, 0.05) is 6.42 Å². The normalized spacial score (nSPS) is 32.1. The maximum Gasteiger partial charge on any atom is 0.119 e. The Morgan fingerprint density at radius 1 is 1.67 bits per heavy atom. The third-order valence-electron chi connectivity index (χ3n) is 1.65. The number of hydrogen-bond acceptors (Lipinski definition) is 2. The van der Waals surface area contributed by atoms with Crippen LogP contribution in [-0.4, -0.2) is 18.5 Å². The molecule has 1 fully saturated rings. The van der Waals surface area contributed by atoms with E-state index in [4.69, 9.17) is 4.74 Å². The summed E-state index contributed by atoms with van der Waals surface area (Å²) < 4.78 is 5.15. The second kappa shape index (κ2) is 2.97. The molecular formula is C7H12O2. The summed E-state index contributed by atoms with van der Waals surface area (Å²) in [5.41, 5.74) is 0. The Morgan fingerprint density at radius 2 is 2.33 bits per heavy atom. The van der Waals surface area contributed by atoms with E-state index in [1.165, 1.54) is 0 Å². The monoisotopic (exact) mass is 128 g/mol. The number of aldehydes is 1. The van der Waals surface area contributed by atoms with Gasteiger partial charge in [-0.2, -0.15) is 0 Å². The van der Waals surface area contributed by atoms with Crippen LogP contribution in [0.2, 0.25) is 0 Å². The van der Waals surface area contributed by atoms with Crippen molar-refractivity contribution in [2.75, 3.05) is 0 Å². The molecule has 0 aromatic rings. The lowest BCUT2D eigenvalue weighted by atomic mass is 10.2. The van der Waals surface area contributed by atoms with Gasteiger partial charge in [0.2, 0.25) is 0 Å². The molecule has 0 radical (unpaired) electrons. The Kier molecular flexibility index (Phi) is 2.22. The van der Waals surface area contributed by atoms with Gasteiger partial charge < -0.3 is 9.53 Å². The van der Waals surface area contributed by atoms with Crippen molar-refractivity contribution in [1.29, 1.82) is 0 Å². The largest absolute Gasteiger partial charge is 0.370 e. The highest BCUT2D eigenvalue weighted by Gasteiger charge is 2.32. The number of carbonyl (C=O) groups is 1. The van der Waals surface area contributed by atoms with Gasteiger partial charge in [-0.15, -0.1) is 0 Å². The lowest BCUT2D eigenvalue weighted by Crippen LogP contribution is -1.89. The zero-order valence-electron chi connectivity index (χ0n) is 5.67. The predicted octanol–water partition coefficient (Wildman–Crippen LogP) is 1.14. The summed E-state index contributed by atoms with van der Waals surface area (Å²) in [6, 6.07) is 0. The van der Waals surface area contributed by atoms with E-state index in [-0.39, 0.29) is 0 Å². The number of hydrogen-bond donors (Lipinski definition) is 0. The molecule has 1 rings (SSSR count). The van der Waals surface area contributed by atoms with Crippen LogP contribution in [0.5, 0.6) is 0 Å². The highest BCUT2D eigenvalue weighted by Crippen LogP contribution is 2.25. The topological polar surface area (TPSA) is 29.6 Å². The van der Waals surface area contributed by atoms with E-state index in [0.717, 1.165) is 19.1 Å². The number of carbonyl (C=O) groups excluding carboxylic acids is 1. The van der Waals surface area contributed by atoms with Gasteiger partial charge in [0.25, 0.3) is 0 Å². The predicted molar refractivity (Wildman–Crippen MR) is 34.2 cm³/mol. The van der Waals surface area contributed by atoms with Crippen LogP contribution in [0, 0.1) is 0 Å². The van der Waals surface area contributed by atoms with Gasteiger partial charge >= 0.3 is 0 Å². The minimum Gasteiger partial charge on any atom is -0.370 e. The van der Waals surface area contributed by atoms with Crippen molar-refractivity contribution in [2.45, 2.75) is 38.4 Å². The average Bonchev–Trinajstić information content (AvgIpc) is 2.48. The van der Waals surface area contributed by atoms with Crippen LogP contribution in [0.4, 0.5) is 0 Å². The molecular weight excluding hydrogens is 116 g/mol. The van der Waals surface area contributed by atoms with Crippen molar-refractivity contribution in [1.82, 2.24) is 0 Å². The summed E-state index contributed by atoms with van der Waals surface area (Å²) >= 11 is 0. The van der Waals surface area contributed by atoms with Crippen LogP contribution in [0.1, 0.15) is 26.2 Å². The fourth-order valence-corrected chi connectivity index (χ4v) is 0.935. The SMILES string of the molecule is C[C@@H]1O[C@H]1CCCC=O. The summed E-state index contributed by atoms with van der Waals surface area (Å²) in [7, 11) is 0. The molecule has 0 spiro atoms. The molecule has 1 aliphatic rings. The average molecular weight is 128 g/mol. The Morgan fingerprint density at radius 3 is 2.78 bits per heavy atom. The van der Waals surface area contributed by atoms with Crippen LogP contribution in [0.25, 0.3) is 0 Å². The van der Waals surface area contributed by atoms with Gasteiger partial charge in [-0.3, -0.25) is 0 Å². The Bertz CT molecular complexity index is 101. The van der Waals surface area contributed by atoms with E-state index in [2.05, 4.69) is 6.92 Å². The van der Waals surface area contributed by atoms with E-state index >= 15 is 0 Å². The van der Waals surface area contributed by atoms with Crippen LogP contribution in [0.15, 0.2) is 0 Å². The zero-order chi connectivity index (χ0) is 6.69. The highest BCUT2D eigenvalue weighted by atomic mass is 16.6. The first-order valence-electron chi connectivity index (χ1n) is 3.43. The fraction of sp³-hybridized carbons (Fsp3) is 0.857. The van der Waals surface area contributed by atoms with Gasteiger partial charge in [0.15, 0.2) is 0 Å². The molecule has 0 unspecified atom stereocenters. The summed E-state index contributed by atoms with van der Waals surface area (Å²) in [4.78, 5) is 9.85. The minimum atomic E-state index is 0.455. The Balaban J connectivity index is 1.88. The molecule has 1 saturated heterocycles. The Hall–Kier alpha value is -0.370. The fourth-order valence-electron chi connectivity index (χ4n) is 0.935. The van der Waals surface area contributed by atoms with E-state index in [9.17, 15) is 4.79 Å². The highest BCUT2D eigenvalue weighted by molar-refractivity contribution is 5.48. The molecule has 0 aromatic heterocycles. The van der Waals surface area contributed by atoms with E-state index in [0.29, 0.717) is 18.6 Å². The smallest absolute Gasteiger partial charge is 0.119 e. The van der Waals surface area contributed by atoms with Gasteiger partial charge in [-0.1, -0.05) is 0 Å². The van der Waals surface area contributed by atoms with Crippen molar-refractivity contribution in [2.24, 2.45) is 0 Å². The summed E-state index contributed by atoms with van der Waals surface area (Å²) in [6.07, 6.45) is 4.61. The molecule has 52 valence electrons. The third-order valence-corrected chi connectivity index (χ3v) is 1.65. The molecule has 0 amide bonds. The molecule has 2 nitrogen and oxygen atoms in total. The van der Waals surface area contributed by atoms with Crippen LogP contribution in [-0.2, 0) is 9.53 Å². The maximum atomic E-state index is 9.85. The molecule has 0 aliphatic carbocycles. The van der Waals surface area contributed by atoms with Crippen molar-refractivity contribution in [3.05, 3.63) is 0 Å². The molecule has 1 aliphatic heterocycles. The van der Waals surface area contributed by atoms with Crippen molar-refractivity contribution >= 4 is 6.29 Å². The first kappa shape index (κ1) is 6.75. The van der Waals surface area contributed by atoms with Gasteiger partial charge in [0.05, 0.1) is 12.2 Å². The second-order valence-electron chi connectivity index (χ2n) is 2.48. The first-order chi connectivity index (χ1) is 4.34.